The summed E-state index contributed by atoms with van der Waals surface area (Å²) in [6.07, 6.45) is 1.95. The van der Waals surface area contributed by atoms with Crippen LogP contribution in [0.5, 0.6) is 11.5 Å². The third-order valence-corrected chi connectivity index (χ3v) is 6.10. The molecule has 0 aliphatic rings. The fourth-order valence-electron chi connectivity index (χ4n) is 3.66. The van der Waals surface area contributed by atoms with Gasteiger partial charge in [0.05, 0.1) is 37.1 Å². The number of methoxy groups -OCH3 is 2. The second kappa shape index (κ2) is 8.60. The molecule has 33 heavy (non-hydrogen) atoms. The molecule has 2 heterocycles. The number of aryl methyl sites for hydroxylation is 2. The van der Waals surface area contributed by atoms with E-state index in [0.717, 1.165) is 11.6 Å². The number of furan rings is 1. The van der Waals surface area contributed by atoms with E-state index in [2.05, 4.69) is 4.98 Å². The fraction of sp³-hybridized carbons (Fsp3) is 0.182. The largest absolute Gasteiger partial charge is 0.493 e. The number of nitrogens with two attached hydrogens (primary N) is 1. The van der Waals surface area contributed by atoms with Crippen LogP contribution in [0.15, 0.2) is 58.0 Å². The van der Waals surface area contributed by atoms with Crippen LogP contribution in [0, 0.1) is 0 Å². The van der Waals surface area contributed by atoms with Crippen LogP contribution in [0.4, 0.5) is 0 Å². The number of hydrogen-bond donors (Lipinski definition) is 2. The number of aromatic nitrogens is 2. The molecule has 11 heteroatoms. The summed E-state index contributed by atoms with van der Waals surface area (Å²) in [6.45, 7) is 0.303. The van der Waals surface area contributed by atoms with Gasteiger partial charge in [-0.1, -0.05) is 6.07 Å². The highest BCUT2D eigenvalue weighted by molar-refractivity contribution is 7.89. The van der Waals surface area contributed by atoms with E-state index in [1.807, 2.05) is 12.1 Å². The van der Waals surface area contributed by atoms with Crippen LogP contribution < -0.4 is 14.6 Å². The van der Waals surface area contributed by atoms with Crippen LogP contribution in [0.2, 0.25) is 0 Å². The maximum atomic E-state index is 12.4. The third-order valence-electron chi connectivity index (χ3n) is 5.17. The summed E-state index contributed by atoms with van der Waals surface area (Å²) in [7, 11) is -1.17. The summed E-state index contributed by atoms with van der Waals surface area (Å²) in [4.78, 5) is 15.7. The minimum Gasteiger partial charge on any atom is -0.493 e. The summed E-state index contributed by atoms with van der Waals surface area (Å²) in [5.74, 6) is 0.608. The molecule has 172 valence electrons. The lowest BCUT2D eigenvalue weighted by Crippen LogP contribution is -2.16. The molecule has 4 aromatic rings. The number of hydrogen-bond acceptors (Lipinski definition) is 7. The molecule has 0 amide bonds. The van der Waals surface area contributed by atoms with Crippen LogP contribution in [-0.4, -0.2) is 43.3 Å². The molecule has 2 aromatic heterocycles. The molecule has 0 spiro atoms. The van der Waals surface area contributed by atoms with Gasteiger partial charge in [-0.3, -0.25) is 0 Å². The van der Waals surface area contributed by atoms with Gasteiger partial charge in [0.2, 0.25) is 10.0 Å². The van der Waals surface area contributed by atoms with Crippen molar-refractivity contribution in [3.8, 4) is 23.1 Å². The van der Waals surface area contributed by atoms with Gasteiger partial charge in [-0.15, -0.1) is 0 Å². The number of imidazole rings is 1. The van der Waals surface area contributed by atoms with Crippen molar-refractivity contribution < 1.29 is 32.2 Å². The van der Waals surface area contributed by atoms with E-state index < -0.39 is 16.0 Å². The highest BCUT2D eigenvalue weighted by Crippen LogP contribution is 2.32. The SMILES string of the molecule is COc1ccc(CCn2c(-c3ccco3)nc3cc(C(=O)O)cc(S(N)(=O)=O)c32)cc1OC. The van der Waals surface area contributed by atoms with Crippen LogP contribution in [0.25, 0.3) is 22.6 Å². The molecule has 2 aromatic carbocycles. The molecule has 0 saturated heterocycles. The predicted molar refractivity (Wildman–Crippen MR) is 119 cm³/mol. The van der Waals surface area contributed by atoms with Crippen LogP contribution in [0.3, 0.4) is 0 Å². The molecule has 0 aliphatic carbocycles. The zero-order valence-electron chi connectivity index (χ0n) is 17.8. The number of rotatable bonds is 8. The Balaban J connectivity index is 1.88. The van der Waals surface area contributed by atoms with Gasteiger partial charge in [0, 0.05) is 6.54 Å². The van der Waals surface area contributed by atoms with Gasteiger partial charge in [0.15, 0.2) is 23.1 Å². The molecule has 0 radical (unpaired) electrons. The molecule has 4 rings (SSSR count). The van der Waals surface area contributed by atoms with Gasteiger partial charge in [-0.2, -0.15) is 0 Å². The number of carboxylic acid groups (broad SMARTS) is 1. The van der Waals surface area contributed by atoms with E-state index in [4.69, 9.17) is 19.0 Å². The summed E-state index contributed by atoms with van der Waals surface area (Å²) < 4.78 is 42.6. The van der Waals surface area contributed by atoms with E-state index in [1.165, 1.54) is 12.3 Å². The van der Waals surface area contributed by atoms with Gasteiger partial charge in [-0.25, -0.2) is 23.3 Å². The number of benzene rings is 2. The zero-order chi connectivity index (χ0) is 23.8. The average molecular weight is 471 g/mol. The summed E-state index contributed by atoms with van der Waals surface area (Å²) in [6, 6.07) is 11.2. The van der Waals surface area contributed by atoms with Crippen molar-refractivity contribution in [1.82, 2.24) is 9.55 Å². The monoisotopic (exact) mass is 471 g/mol. The van der Waals surface area contributed by atoms with E-state index in [0.29, 0.717) is 36.0 Å². The van der Waals surface area contributed by atoms with Crippen LogP contribution in [-0.2, 0) is 23.0 Å². The molecular weight excluding hydrogens is 450 g/mol. The molecule has 0 saturated carbocycles. The number of aromatic carboxylic acids is 1. The Bertz CT molecular complexity index is 1440. The standard InChI is InChI=1S/C22H21N3O7S/c1-30-16-6-5-13(10-18(16)31-2)7-8-25-20-15(24-21(25)17-4-3-9-32-17)11-14(22(26)27)12-19(20)33(23,28)29/h3-6,9-12H,7-8H2,1-2H3,(H,26,27)(H2,23,28,29). The van der Waals surface area contributed by atoms with E-state index in [-0.39, 0.29) is 21.5 Å². The average Bonchev–Trinajstić information content (AvgIpc) is 3.43. The van der Waals surface area contributed by atoms with Crippen molar-refractivity contribution in [2.45, 2.75) is 17.9 Å². The van der Waals surface area contributed by atoms with Gasteiger partial charge in [-0.05, 0) is 48.4 Å². The van der Waals surface area contributed by atoms with Crippen LogP contribution in [0.1, 0.15) is 15.9 Å². The minimum absolute atomic E-state index is 0.178. The molecule has 10 nitrogen and oxygen atoms in total. The Kier molecular flexibility index (Phi) is 5.83. The first-order valence-electron chi connectivity index (χ1n) is 9.78. The van der Waals surface area contributed by atoms with Gasteiger partial charge >= 0.3 is 5.97 Å². The summed E-state index contributed by atoms with van der Waals surface area (Å²) in [5, 5.41) is 14.9. The lowest BCUT2D eigenvalue weighted by atomic mass is 10.1. The summed E-state index contributed by atoms with van der Waals surface area (Å²) in [5.41, 5.74) is 1.05. The van der Waals surface area contributed by atoms with Crippen molar-refractivity contribution in [3.05, 3.63) is 59.9 Å². The first-order chi connectivity index (χ1) is 15.7. The van der Waals surface area contributed by atoms with E-state index in [9.17, 15) is 18.3 Å². The summed E-state index contributed by atoms with van der Waals surface area (Å²) >= 11 is 0. The molecule has 3 N–H and O–H groups in total. The second-order valence-corrected chi connectivity index (χ2v) is 8.73. The van der Waals surface area contributed by atoms with E-state index >= 15 is 0 Å². The Hall–Kier alpha value is -3.83. The highest BCUT2D eigenvalue weighted by atomic mass is 32.2. The number of ether oxygens (including phenoxy) is 2. The lowest BCUT2D eigenvalue weighted by molar-refractivity contribution is 0.0696. The zero-order valence-corrected chi connectivity index (χ0v) is 18.6. The minimum atomic E-state index is -4.26. The number of nitrogens with zero attached hydrogens (tertiary/aromatic N) is 2. The molecule has 0 fully saturated rings. The predicted octanol–water partition coefficient (Wildman–Crippen LogP) is 2.90. The molecule has 0 unspecified atom stereocenters. The molecule has 0 aliphatic heterocycles. The van der Waals surface area contributed by atoms with Crippen LogP contribution >= 0.6 is 0 Å². The molecular formula is C22H21N3O7S. The molecule has 0 bridgehead atoms. The van der Waals surface area contributed by atoms with Gasteiger partial charge in [0.25, 0.3) is 0 Å². The number of primary sulfonamides is 1. The van der Waals surface area contributed by atoms with Crippen molar-refractivity contribution in [2.24, 2.45) is 5.14 Å². The number of carbonyl (C=O) groups is 1. The highest BCUT2D eigenvalue weighted by Gasteiger charge is 2.24. The van der Waals surface area contributed by atoms with Crippen molar-refractivity contribution in [2.75, 3.05) is 14.2 Å². The lowest BCUT2D eigenvalue weighted by Gasteiger charge is -2.13. The normalized spacial score (nSPS) is 11.6. The Morgan fingerprint density at radius 1 is 1.15 bits per heavy atom. The van der Waals surface area contributed by atoms with Gasteiger partial charge < -0.3 is 23.6 Å². The topological polar surface area (TPSA) is 147 Å². The quantitative estimate of drug-likeness (QED) is 0.399. The second-order valence-electron chi connectivity index (χ2n) is 7.20. The number of sulfonamides is 1. The first-order valence-corrected chi connectivity index (χ1v) is 11.3. The fourth-order valence-corrected chi connectivity index (χ4v) is 4.43. The maximum absolute atomic E-state index is 12.4. The Morgan fingerprint density at radius 2 is 1.91 bits per heavy atom. The number of carboxylic acids is 1. The first kappa shape index (κ1) is 22.4. The third kappa shape index (κ3) is 4.28. The smallest absolute Gasteiger partial charge is 0.335 e. The van der Waals surface area contributed by atoms with Crippen molar-refractivity contribution in [1.29, 1.82) is 0 Å². The van der Waals surface area contributed by atoms with Crippen molar-refractivity contribution in [3.63, 3.8) is 0 Å². The number of fused-ring (bicyclic) bond motifs is 1. The Morgan fingerprint density at radius 3 is 2.52 bits per heavy atom. The maximum Gasteiger partial charge on any atom is 0.335 e. The molecule has 0 atom stereocenters. The Labute approximate surface area is 189 Å². The van der Waals surface area contributed by atoms with Crippen molar-refractivity contribution >= 4 is 27.0 Å². The van der Waals surface area contributed by atoms with E-state index in [1.54, 1.807) is 37.0 Å². The van der Waals surface area contributed by atoms with Gasteiger partial charge in [0.1, 0.15) is 4.90 Å².